The maximum absolute atomic E-state index is 13.1. The smallest absolute Gasteiger partial charge is 0.194 e. The highest BCUT2D eigenvalue weighted by Crippen LogP contribution is 2.32. The summed E-state index contributed by atoms with van der Waals surface area (Å²) in [6, 6.07) is 6.62. The van der Waals surface area contributed by atoms with Gasteiger partial charge in [0.05, 0.1) is 21.7 Å². The molecule has 2 aromatic carbocycles. The van der Waals surface area contributed by atoms with E-state index in [1.54, 1.807) is 0 Å². The van der Waals surface area contributed by atoms with Crippen LogP contribution in [0.1, 0.15) is 22.8 Å². The lowest BCUT2D eigenvalue weighted by molar-refractivity contribution is 0.103. The maximum Gasteiger partial charge on any atom is 0.194 e. The molecule has 0 bridgehead atoms. The molecule has 110 valence electrons. The van der Waals surface area contributed by atoms with Gasteiger partial charge >= 0.3 is 0 Å². The van der Waals surface area contributed by atoms with E-state index in [4.69, 9.17) is 39.5 Å². The summed E-state index contributed by atoms with van der Waals surface area (Å²) >= 11 is 17.8. The molecule has 0 fully saturated rings. The third-order valence-corrected chi connectivity index (χ3v) is 3.65. The van der Waals surface area contributed by atoms with Gasteiger partial charge in [0.25, 0.3) is 0 Å². The van der Waals surface area contributed by atoms with Crippen molar-refractivity contribution in [1.82, 2.24) is 0 Å². The fraction of sp³-hybridized carbons (Fsp3) is 0.133. The van der Waals surface area contributed by atoms with Crippen LogP contribution in [0.5, 0.6) is 5.75 Å². The molecule has 6 heteroatoms. The van der Waals surface area contributed by atoms with Crippen molar-refractivity contribution in [2.45, 2.75) is 6.92 Å². The molecule has 21 heavy (non-hydrogen) atoms. The second kappa shape index (κ2) is 6.65. The molecule has 0 aliphatic rings. The number of benzene rings is 2. The highest BCUT2D eigenvalue weighted by molar-refractivity contribution is 6.38. The van der Waals surface area contributed by atoms with Crippen LogP contribution in [0.2, 0.25) is 15.1 Å². The first kappa shape index (κ1) is 16.1. The molecule has 0 saturated carbocycles. The van der Waals surface area contributed by atoms with Gasteiger partial charge in [-0.2, -0.15) is 0 Å². The fourth-order valence-corrected chi connectivity index (χ4v) is 2.40. The van der Waals surface area contributed by atoms with Gasteiger partial charge in [0.2, 0.25) is 0 Å². The van der Waals surface area contributed by atoms with Crippen molar-refractivity contribution in [2.75, 3.05) is 6.61 Å². The van der Waals surface area contributed by atoms with E-state index in [0.717, 1.165) is 6.07 Å². The van der Waals surface area contributed by atoms with Gasteiger partial charge in [-0.1, -0.05) is 34.8 Å². The average molecular weight is 348 g/mol. The Kier molecular flexibility index (Phi) is 5.09. The summed E-state index contributed by atoms with van der Waals surface area (Å²) in [5, 5.41) is 0.347. The molecule has 0 amide bonds. The zero-order chi connectivity index (χ0) is 15.6. The molecule has 0 aromatic heterocycles. The van der Waals surface area contributed by atoms with E-state index in [0.29, 0.717) is 12.4 Å². The Morgan fingerprint density at radius 1 is 1.10 bits per heavy atom. The summed E-state index contributed by atoms with van der Waals surface area (Å²) in [6.07, 6.45) is 0. The van der Waals surface area contributed by atoms with Crippen LogP contribution < -0.4 is 4.74 Å². The zero-order valence-electron chi connectivity index (χ0n) is 10.9. The van der Waals surface area contributed by atoms with Crippen LogP contribution in [-0.4, -0.2) is 12.4 Å². The molecule has 0 spiro atoms. The molecule has 0 unspecified atom stereocenters. The topological polar surface area (TPSA) is 26.3 Å². The third kappa shape index (κ3) is 3.49. The van der Waals surface area contributed by atoms with E-state index in [2.05, 4.69) is 0 Å². The van der Waals surface area contributed by atoms with Gasteiger partial charge in [0.1, 0.15) is 11.6 Å². The predicted molar refractivity (Wildman–Crippen MR) is 82.5 cm³/mol. The van der Waals surface area contributed by atoms with Gasteiger partial charge in [0, 0.05) is 17.2 Å². The van der Waals surface area contributed by atoms with Gasteiger partial charge in [-0.3, -0.25) is 4.79 Å². The minimum atomic E-state index is -0.593. The number of carbonyl (C=O) groups is 1. The van der Waals surface area contributed by atoms with Crippen molar-refractivity contribution >= 4 is 40.6 Å². The summed E-state index contributed by atoms with van der Waals surface area (Å²) in [6.45, 7) is 2.24. The van der Waals surface area contributed by atoms with E-state index < -0.39 is 11.6 Å². The van der Waals surface area contributed by atoms with Gasteiger partial charge in [0.15, 0.2) is 5.78 Å². The Morgan fingerprint density at radius 2 is 1.81 bits per heavy atom. The van der Waals surface area contributed by atoms with Gasteiger partial charge in [-0.25, -0.2) is 4.39 Å². The molecular weight excluding hydrogens is 338 g/mol. The lowest BCUT2D eigenvalue weighted by atomic mass is 10.0. The number of hydrogen-bond donors (Lipinski definition) is 0. The second-order valence-corrected chi connectivity index (χ2v) is 5.38. The molecule has 0 heterocycles. The summed E-state index contributed by atoms with van der Waals surface area (Å²) in [7, 11) is 0. The summed E-state index contributed by atoms with van der Waals surface area (Å²) in [5.74, 6) is -0.589. The van der Waals surface area contributed by atoms with Crippen molar-refractivity contribution < 1.29 is 13.9 Å². The number of ether oxygens (including phenoxy) is 1. The second-order valence-electron chi connectivity index (χ2n) is 4.15. The van der Waals surface area contributed by atoms with Crippen LogP contribution in [0.3, 0.4) is 0 Å². The third-order valence-electron chi connectivity index (χ3n) is 2.75. The van der Waals surface area contributed by atoms with Gasteiger partial charge in [-0.05, 0) is 31.2 Å². The molecule has 0 aliphatic carbocycles. The van der Waals surface area contributed by atoms with Crippen LogP contribution >= 0.6 is 34.8 Å². The summed E-state index contributed by atoms with van der Waals surface area (Å²) in [4.78, 5) is 12.4. The molecule has 0 N–H and O–H groups in total. The van der Waals surface area contributed by atoms with E-state index in [9.17, 15) is 9.18 Å². The largest absolute Gasteiger partial charge is 0.492 e. The van der Waals surface area contributed by atoms with Crippen LogP contribution in [0, 0.1) is 5.82 Å². The van der Waals surface area contributed by atoms with Crippen molar-refractivity contribution in [2.24, 2.45) is 0 Å². The fourth-order valence-electron chi connectivity index (χ4n) is 1.76. The average Bonchev–Trinajstić information content (AvgIpc) is 2.45. The monoisotopic (exact) mass is 346 g/mol. The van der Waals surface area contributed by atoms with Crippen molar-refractivity contribution in [1.29, 1.82) is 0 Å². The summed E-state index contributed by atoms with van der Waals surface area (Å²) < 4.78 is 18.4. The zero-order valence-corrected chi connectivity index (χ0v) is 13.2. The van der Waals surface area contributed by atoms with Crippen molar-refractivity contribution in [3.63, 3.8) is 0 Å². The Balaban J connectivity index is 2.43. The number of rotatable bonds is 4. The Bertz CT molecular complexity index is 702. The lowest BCUT2D eigenvalue weighted by Crippen LogP contribution is -2.04. The standard InChI is InChI=1S/C15H10Cl3FO2/c1-2-21-14-7-10(16)9(6-12(14)18)15(20)8-3-4-13(19)11(17)5-8/h3-7H,2H2,1H3. The number of ketones is 1. The normalized spacial score (nSPS) is 10.5. The molecular formula is C15H10Cl3FO2. The molecule has 0 saturated heterocycles. The van der Waals surface area contributed by atoms with E-state index in [1.165, 1.54) is 24.3 Å². The SMILES string of the molecule is CCOc1cc(Cl)c(C(=O)c2ccc(F)c(Cl)c2)cc1Cl. The lowest BCUT2D eigenvalue weighted by Gasteiger charge is -2.10. The van der Waals surface area contributed by atoms with E-state index >= 15 is 0 Å². The maximum atomic E-state index is 13.1. The molecule has 0 radical (unpaired) electrons. The Labute approximate surface area is 136 Å². The molecule has 0 atom stereocenters. The predicted octanol–water partition coefficient (Wildman–Crippen LogP) is 5.42. The first-order chi connectivity index (χ1) is 9.93. The first-order valence-corrected chi connectivity index (χ1v) is 7.19. The van der Waals surface area contributed by atoms with Gasteiger partial charge in [-0.15, -0.1) is 0 Å². The molecule has 2 nitrogen and oxygen atoms in total. The highest BCUT2D eigenvalue weighted by atomic mass is 35.5. The van der Waals surface area contributed by atoms with Crippen LogP contribution in [0.4, 0.5) is 4.39 Å². The minimum absolute atomic E-state index is 0.131. The van der Waals surface area contributed by atoms with Gasteiger partial charge < -0.3 is 4.74 Å². The highest BCUT2D eigenvalue weighted by Gasteiger charge is 2.17. The number of halogens is 4. The molecule has 2 aromatic rings. The van der Waals surface area contributed by atoms with Crippen molar-refractivity contribution in [3.8, 4) is 5.75 Å². The summed E-state index contributed by atoms with van der Waals surface area (Å²) in [5.41, 5.74) is 0.427. The Morgan fingerprint density at radius 3 is 2.43 bits per heavy atom. The van der Waals surface area contributed by atoms with Crippen molar-refractivity contribution in [3.05, 3.63) is 62.3 Å². The van der Waals surface area contributed by atoms with Crippen LogP contribution in [-0.2, 0) is 0 Å². The number of hydrogen-bond acceptors (Lipinski definition) is 2. The quantitative estimate of drug-likeness (QED) is 0.691. The first-order valence-electron chi connectivity index (χ1n) is 6.05. The van der Waals surface area contributed by atoms with Crippen LogP contribution in [0.25, 0.3) is 0 Å². The van der Waals surface area contributed by atoms with Crippen LogP contribution in [0.15, 0.2) is 30.3 Å². The molecule has 0 aliphatic heterocycles. The minimum Gasteiger partial charge on any atom is -0.492 e. The Hall–Kier alpha value is -1.29. The van der Waals surface area contributed by atoms with E-state index in [1.807, 2.05) is 6.92 Å². The van der Waals surface area contributed by atoms with E-state index in [-0.39, 0.29) is 26.2 Å². The number of carbonyl (C=O) groups excluding carboxylic acids is 1. The molecule has 2 rings (SSSR count).